The van der Waals surface area contributed by atoms with Crippen molar-refractivity contribution >= 4 is 53.4 Å². The topological polar surface area (TPSA) is 80.9 Å². The van der Waals surface area contributed by atoms with Crippen LogP contribution in [0.15, 0.2) is 57.5 Å². The van der Waals surface area contributed by atoms with Gasteiger partial charge in [0.2, 0.25) is 0 Å². The van der Waals surface area contributed by atoms with E-state index in [0.717, 1.165) is 0 Å². The van der Waals surface area contributed by atoms with Gasteiger partial charge in [-0.3, -0.25) is 0 Å². The normalized spacial score (nSPS) is 11.3. The lowest BCUT2D eigenvalue weighted by Crippen LogP contribution is -1.90. The van der Waals surface area contributed by atoms with Crippen molar-refractivity contribution in [2.45, 2.75) is 0 Å². The van der Waals surface area contributed by atoms with Gasteiger partial charge >= 0.3 is 0 Å². The van der Waals surface area contributed by atoms with Crippen molar-refractivity contribution in [1.82, 2.24) is 0 Å². The van der Waals surface area contributed by atoms with Crippen LogP contribution in [0.25, 0.3) is 32.7 Å². The quantitative estimate of drug-likeness (QED) is 0.254. The van der Waals surface area contributed by atoms with Gasteiger partial charge in [-0.2, -0.15) is 0 Å². The third kappa shape index (κ3) is 2.26. The Hall–Kier alpha value is -2.44. The Morgan fingerprint density at radius 1 is 0.462 bits per heavy atom. The minimum atomic E-state index is -0.290. The summed E-state index contributed by atoms with van der Waals surface area (Å²) in [5.74, 6) is -1.02. The first-order valence-corrected chi connectivity index (χ1v) is 9.26. The molecule has 0 aliphatic carbocycles. The van der Waals surface area contributed by atoms with E-state index < -0.39 is 0 Å². The van der Waals surface area contributed by atoms with Crippen LogP contribution in [0.3, 0.4) is 0 Å². The molecule has 4 rings (SSSR count). The van der Waals surface area contributed by atoms with Crippen LogP contribution in [-0.4, -0.2) is 20.4 Å². The van der Waals surface area contributed by atoms with E-state index in [1.165, 1.54) is 0 Å². The van der Waals surface area contributed by atoms with Crippen molar-refractivity contribution < 1.29 is 20.4 Å². The van der Waals surface area contributed by atoms with Gasteiger partial charge in [0.15, 0.2) is 23.0 Å². The van der Waals surface area contributed by atoms with Gasteiger partial charge in [0.05, 0.1) is 8.95 Å². The number of hydrogen-bond donors (Lipinski definition) is 4. The predicted octanol–water partition coefficient (Wildman–Crippen LogP) is 6.01. The lowest BCUT2D eigenvalue weighted by atomic mass is 9.92. The second-order valence-electron chi connectivity index (χ2n) is 5.86. The zero-order chi connectivity index (χ0) is 18.6. The second kappa shape index (κ2) is 6.07. The summed E-state index contributed by atoms with van der Waals surface area (Å²) in [5, 5.41) is 43.8. The molecule has 0 amide bonds. The number of benzene rings is 4. The lowest BCUT2D eigenvalue weighted by molar-refractivity contribution is 0.405. The van der Waals surface area contributed by atoms with Crippen LogP contribution in [0.2, 0.25) is 0 Å². The monoisotopic (exact) mass is 474 g/mol. The Morgan fingerprint density at radius 3 is 1.12 bits per heavy atom. The Kier molecular flexibility index (Phi) is 3.97. The van der Waals surface area contributed by atoms with Gasteiger partial charge in [-0.05, 0) is 42.6 Å². The highest BCUT2D eigenvalue weighted by molar-refractivity contribution is 9.11. The standard InChI is InChI=1S/C20H12Br2O4/c21-15-13(9-5-1-3-7-11(9)17(23)19(15)25)14-10-6-2-4-8-12(10)18(24)20(26)16(14)22/h1-8,23-26H. The molecule has 0 heterocycles. The molecule has 4 aromatic rings. The molecule has 0 fully saturated rings. The van der Waals surface area contributed by atoms with Crippen LogP contribution >= 0.6 is 31.9 Å². The summed E-state index contributed by atoms with van der Waals surface area (Å²) in [6, 6.07) is 14.2. The summed E-state index contributed by atoms with van der Waals surface area (Å²) in [7, 11) is 0. The van der Waals surface area contributed by atoms with E-state index in [9.17, 15) is 20.4 Å². The molecule has 0 spiro atoms. The van der Waals surface area contributed by atoms with E-state index in [1.54, 1.807) is 24.3 Å². The van der Waals surface area contributed by atoms with Crippen molar-refractivity contribution in [3.05, 3.63) is 57.5 Å². The van der Waals surface area contributed by atoms with Crippen LogP contribution in [0.4, 0.5) is 0 Å². The molecule has 4 N–H and O–H groups in total. The first kappa shape index (κ1) is 17.0. The van der Waals surface area contributed by atoms with Crippen LogP contribution < -0.4 is 0 Å². The maximum atomic E-state index is 10.4. The van der Waals surface area contributed by atoms with E-state index in [0.29, 0.717) is 41.6 Å². The fourth-order valence-corrected chi connectivity index (χ4v) is 4.44. The molecule has 4 nitrogen and oxygen atoms in total. The highest BCUT2D eigenvalue weighted by Gasteiger charge is 2.24. The minimum absolute atomic E-state index is 0.223. The molecule has 0 aliphatic rings. The SMILES string of the molecule is Oc1c(Br)c(-c2c(Br)c(O)c(O)c3ccccc23)c2ccccc2c1O. The van der Waals surface area contributed by atoms with E-state index in [1.807, 2.05) is 24.3 Å². The molecule has 0 unspecified atom stereocenters. The highest BCUT2D eigenvalue weighted by Crippen LogP contribution is 2.54. The zero-order valence-corrected chi connectivity index (χ0v) is 16.3. The number of hydrogen-bond acceptors (Lipinski definition) is 4. The second-order valence-corrected chi connectivity index (χ2v) is 7.45. The first-order chi connectivity index (χ1) is 12.4. The maximum Gasteiger partial charge on any atom is 0.173 e. The number of fused-ring (bicyclic) bond motifs is 2. The third-order valence-electron chi connectivity index (χ3n) is 4.46. The molecule has 26 heavy (non-hydrogen) atoms. The average Bonchev–Trinajstić information content (AvgIpc) is 2.67. The Morgan fingerprint density at radius 2 is 0.769 bits per heavy atom. The number of halogens is 2. The molecule has 0 saturated heterocycles. The van der Waals surface area contributed by atoms with Crippen LogP contribution in [-0.2, 0) is 0 Å². The number of phenolic OH excluding ortho intramolecular Hbond substituents is 4. The van der Waals surface area contributed by atoms with E-state index in [2.05, 4.69) is 31.9 Å². The molecule has 6 heteroatoms. The number of rotatable bonds is 1. The maximum absolute atomic E-state index is 10.4. The molecule has 0 bridgehead atoms. The average molecular weight is 476 g/mol. The van der Waals surface area contributed by atoms with Crippen molar-refractivity contribution in [2.24, 2.45) is 0 Å². The van der Waals surface area contributed by atoms with Crippen molar-refractivity contribution in [3.8, 4) is 34.1 Å². The van der Waals surface area contributed by atoms with Gasteiger partial charge in [-0.15, -0.1) is 0 Å². The van der Waals surface area contributed by atoms with Crippen LogP contribution in [0.5, 0.6) is 23.0 Å². The van der Waals surface area contributed by atoms with Crippen molar-refractivity contribution in [3.63, 3.8) is 0 Å². The zero-order valence-electron chi connectivity index (χ0n) is 13.2. The third-order valence-corrected chi connectivity index (χ3v) is 6.00. The Balaban J connectivity index is 2.30. The minimum Gasteiger partial charge on any atom is -0.504 e. The fourth-order valence-electron chi connectivity index (χ4n) is 3.24. The molecular formula is C20H12Br2O4. The molecule has 4 aromatic carbocycles. The van der Waals surface area contributed by atoms with Crippen molar-refractivity contribution in [2.75, 3.05) is 0 Å². The van der Waals surface area contributed by atoms with Gasteiger partial charge in [-0.25, -0.2) is 0 Å². The lowest BCUT2D eigenvalue weighted by Gasteiger charge is -2.18. The first-order valence-electron chi connectivity index (χ1n) is 7.68. The summed E-state index contributed by atoms with van der Waals surface area (Å²) in [5.41, 5.74) is 1.18. The molecule has 130 valence electrons. The molecular weight excluding hydrogens is 464 g/mol. The number of phenols is 4. The smallest absolute Gasteiger partial charge is 0.173 e. The summed E-state index contributed by atoms with van der Waals surface area (Å²) in [6.45, 7) is 0. The Labute approximate surface area is 165 Å². The van der Waals surface area contributed by atoms with Gasteiger partial charge in [0.25, 0.3) is 0 Å². The summed E-state index contributed by atoms with van der Waals surface area (Å²) >= 11 is 6.75. The molecule has 0 aliphatic heterocycles. The highest BCUT2D eigenvalue weighted by atomic mass is 79.9. The molecule has 0 radical (unpaired) electrons. The molecule has 0 saturated carbocycles. The van der Waals surface area contributed by atoms with Crippen molar-refractivity contribution in [1.29, 1.82) is 0 Å². The molecule has 0 atom stereocenters. The van der Waals surface area contributed by atoms with Crippen LogP contribution in [0.1, 0.15) is 0 Å². The Bertz CT molecular complexity index is 1110. The fraction of sp³-hybridized carbons (Fsp3) is 0. The van der Waals surface area contributed by atoms with Gasteiger partial charge in [-0.1, -0.05) is 48.5 Å². The van der Waals surface area contributed by atoms with E-state index >= 15 is 0 Å². The summed E-state index contributed by atoms with van der Waals surface area (Å²) < 4.78 is 0.592. The van der Waals surface area contributed by atoms with E-state index in [4.69, 9.17) is 0 Å². The predicted molar refractivity (Wildman–Crippen MR) is 109 cm³/mol. The summed E-state index contributed by atoms with van der Waals surface area (Å²) in [4.78, 5) is 0. The van der Waals surface area contributed by atoms with E-state index in [-0.39, 0.29) is 23.0 Å². The van der Waals surface area contributed by atoms with Gasteiger partial charge in [0.1, 0.15) is 0 Å². The van der Waals surface area contributed by atoms with Crippen LogP contribution in [0, 0.1) is 0 Å². The molecule has 0 aromatic heterocycles. The van der Waals surface area contributed by atoms with Gasteiger partial charge < -0.3 is 20.4 Å². The summed E-state index contributed by atoms with van der Waals surface area (Å²) in [6.07, 6.45) is 0. The number of aromatic hydroxyl groups is 4. The van der Waals surface area contributed by atoms with Gasteiger partial charge in [0, 0.05) is 21.9 Å². The largest absolute Gasteiger partial charge is 0.504 e.